The lowest BCUT2D eigenvalue weighted by molar-refractivity contribution is 0.0951. The number of hydrogen-bond acceptors (Lipinski definition) is 3. The molecule has 16 heavy (non-hydrogen) atoms. The highest BCUT2D eigenvalue weighted by atomic mass is 16.1. The Morgan fingerprint density at radius 1 is 1.56 bits per heavy atom. The first-order valence-electron chi connectivity index (χ1n) is 5.15. The second kappa shape index (κ2) is 6.46. The number of pyridine rings is 1. The molecule has 0 aromatic carbocycles. The van der Waals surface area contributed by atoms with Crippen LogP contribution in [0.15, 0.2) is 18.3 Å². The Labute approximate surface area is 95.5 Å². The topological polar surface area (TPSA) is 54.0 Å². The average molecular weight is 217 g/mol. The summed E-state index contributed by atoms with van der Waals surface area (Å²) in [5, 5.41) is 5.79. The van der Waals surface area contributed by atoms with E-state index in [4.69, 9.17) is 0 Å². The minimum atomic E-state index is -0.160. The average Bonchev–Trinajstić information content (AvgIpc) is 2.30. The highest BCUT2D eigenvalue weighted by molar-refractivity contribution is 5.93. The minimum Gasteiger partial charge on any atom is -0.374 e. The quantitative estimate of drug-likeness (QED) is 0.747. The zero-order chi connectivity index (χ0) is 11.8. The van der Waals surface area contributed by atoms with Gasteiger partial charge in [-0.1, -0.05) is 5.92 Å². The van der Waals surface area contributed by atoms with E-state index in [-0.39, 0.29) is 5.91 Å². The molecule has 4 heteroatoms. The first-order valence-corrected chi connectivity index (χ1v) is 5.15. The van der Waals surface area contributed by atoms with Gasteiger partial charge < -0.3 is 10.6 Å². The van der Waals surface area contributed by atoms with E-state index in [0.717, 1.165) is 5.69 Å². The van der Waals surface area contributed by atoms with Crippen LogP contribution in [0, 0.1) is 11.8 Å². The number of carbonyl (C=O) groups excluding carboxylic acids is 1. The molecule has 0 aliphatic heterocycles. The molecule has 1 heterocycles. The summed E-state index contributed by atoms with van der Waals surface area (Å²) in [5.41, 5.74) is 1.26. The van der Waals surface area contributed by atoms with Gasteiger partial charge in [0.2, 0.25) is 0 Å². The highest BCUT2D eigenvalue weighted by Gasteiger charge is 2.05. The molecular formula is C12H15N3O. The Kier molecular flexibility index (Phi) is 4.87. The molecule has 1 amide bonds. The number of carbonyl (C=O) groups is 1. The molecule has 84 valence electrons. The molecule has 1 aromatic rings. The summed E-state index contributed by atoms with van der Waals surface area (Å²) in [6.45, 7) is 4.82. The predicted molar refractivity (Wildman–Crippen MR) is 64.2 cm³/mol. The Hall–Kier alpha value is -2.02. The molecule has 0 radical (unpaired) electrons. The Balaban J connectivity index is 2.69. The van der Waals surface area contributed by atoms with E-state index in [1.807, 2.05) is 6.92 Å². The minimum absolute atomic E-state index is 0.160. The van der Waals surface area contributed by atoms with E-state index in [2.05, 4.69) is 27.5 Å². The van der Waals surface area contributed by atoms with Crippen molar-refractivity contribution in [2.75, 3.05) is 18.4 Å². The zero-order valence-electron chi connectivity index (χ0n) is 9.50. The third-order valence-electron chi connectivity index (χ3n) is 1.89. The van der Waals surface area contributed by atoms with Crippen LogP contribution < -0.4 is 10.6 Å². The van der Waals surface area contributed by atoms with Gasteiger partial charge in [0.25, 0.3) is 5.91 Å². The molecule has 4 nitrogen and oxygen atoms in total. The van der Waals surface area contributed by atoms with Crippen LogP contribution in [0.5, 0.6) is 0 Å². The molecule has 0 fully saturated rings. The molecular weight excluding hydrogens is 202 g/mol. The standard InChI is InChI=1S/C12H15N3O/c1-3-5-7-14-10-6-8-15-11(9-10)12(16)13-4-2/h6,8-9H,4,7H2,1-2H3,(H,13,16)(H,14,15). The molecule has 0 bridgehead atoms. The lowest BCUT2D eigenvalue weighted by Crippen LogP contribution is -2.23. The fourth-order valence-electron chi connectivity index (χ4n) is 1.15. The van der Waals surface area contributed by atoms with Gasteiger partial charge in [0.05, 0.1) is 6.54 Å². The first-order chi connectivity index (χ1) is 7.77. The lowest BCUT2D eigenvalue weighted by atomic mass is 10.3. The van der Waals surface area contributed by atoms with Crippen molar-refractivity contribution >= 4 is 11.6 Å². The fraction of sp³-hybridized carbons (Fsp3) is 0.333. The van der Waals surface area contributed by atoms with Crippen molar-refractivity contribution in [1.29, 1.82) is 0 Å². The normalized spacial score (nSPS) is 8.88. The van der Waals surface area contributed by atoms with Gasteiger partial charge in [-0.15, -0.1) is 5.92 Å². The largest absolute Gasteiger partial charge is 0.374 e. The number of nitrogens with one attached hydrogen (secondary N) is 2. The van der Waals surface area contributed by atoms with Crippen molar-refractivity contribution in [2.24, 2.45) is 0 Å². The van der Waals surface area contributed by atoms with Gasteiger partial charge in [-0.25, -0.2) is 0 Å². The number of amides is 1. The lowest BCUT2D eigenvalue weighted by Gasteiger charge is -2.05. The van der Waals surface area contributed by atoms with Gasteiger partial charge in [-0.2, -0.15) is 0 Å². The Bertz CT molecular complexity index is 418. The molecule has 0 aliphatic carbocycles. The van der Waals surface area contributed by atoms with Crippen LogP contribution in [0.2, 0.25) is 0 Å². The molecule has 0 spiro atoms. The Morgan fingerprint density at radius 2 is 2.38 bits per heavy atom. The van der Waals surface area contributed by atoms with Crippen molar-refractivity contribution in [3.63, 3.8) is 0 Å². The van der Waals surface area contributed by atoms with Crippen LogP contribution in [-0.2, 0) is 0 Å². The van der Waals surface area contributed by atoms with Crippen LogP contribution in [0.25, 0.3) is 0 Å². The molecule has 0 saturated carbocycles. The summed E-state index contributed by atoms with van der Waals surface area (Å²) in [6, 6.07) is 3.52. The highest BCUT2D eigenvalue weighted by Crippen LogP contribution is 2.07. The van der Waals surface area contributed by atoms with Crippen molar-refractivity contribution < 1.29 is 4.79 Å². The molecule has 0 aliphatic rings. The van der Waals surface area contributed by atoms with E-state index in [1.165, 1.54) is 0 Å². The van der Waals surface area contributed by atoms with Gasteiger partial charge >= 0.3 is 0 Å². The van der Waals surface area contributed by atoms with Crippen LogP contribution in [0.4, 0.5) is 5.69 Å². The van der Waals surface area contributed by atoms with E-state index < -0.39 is 0 Å². The fourth-order valence-corrected chi connectivity index (χ4v) is 1.15. The maximum Gasteiger partial charge on any atom is 0.269 e. The van der Waals surface area contributed by atoms with E-state index in [0.29, 0.717) is 18.8 Å². The summed E-state index contributed by atoms with van der Waals surface area (Å²) in [6.07, 6.45) is 1.60. The van der Waals surface area contributed by atoms with Crippen LogP contribution in [0.1, 0.15) is 24.3 Å². The van der Waals surface area contributed by atoms with Gasteiger partial charge in [-0.05, 0) is 26.0 Å². The third kappa shape index (κ3) is 3.62. The SMILES string of the molecule is CC#CCNc1ccnc(C(=O)NCC)c1. The van der Waals surface area contributed by atoms with Gasteiger partial charge in [-0.3, -0.25) is 9.78 Å². The van der Waals surface area contributed by atoms with Crippen molar-refractivity contribution in [1.82, 2.24) is 10.3 Å². The number of anilines is 1. The number of nitrogens with zero attached hydrogens (tertiary/aromatic N) is 1. The van der Waals surface area contributed by atoms with E-state index in [1.54, 1.807) is 25.3 Å². The van der Waals surface area contributed by atoms with Crippen LogP contribution in [0.3, 0.4) is 0 Å². The molecule has 0 saturated heterocycles. The van der Waals surface area contributed by atoms with Gasteiger partial charge in [0.15, 0.2) is 0 Å². The monoisotopic (exact) mass is 217 g/mol. The number of hydrogen-bond donors (Lipinski definition) is 2. The molecule has 0 unspecified atom stereocenters. The smallest absolute Gasteiger partial charge is 0.269 e. The second-order valence-corrected chi connectivity index (χ2v) is 3.07. The maximum atomic E-state index is 11.5. The molecule has 1 aromatic heterocycles. The van der Waals surface area contributed by atoms with E-state index in [9.17, 15) is 4.79 Å². The van der Waals surface area contributed by atoms with Crippen molar-refractivity contribution in [2.45, 2.75) is 13.8 Å². The van der Waals surface area contributed by atoms with Crippen molar-refractivity contribution in [3.8, 4) is 11.8 Å². The summed E-state index contributed by atoms with van der Waals surface area (Å²) in [7, 11) is 0. The van der Waals surface area contributed by atoms with Crippen LogP contribution in [-0.4, -0.2) is 24.0 Å². The van der Waals surface area contributed by atoms with E-state index >= 15 is 0 Å². The van der Waals surface area contributed by atoms with Crippen molar-refractivity contribution in [3.05, 3.63) is 24.0 Å². The number of aromatic nitrogens is 1. The maximum absolute atomic E-state index is 11.5. The summed E-state index contributed by atoms with van der Waals surface area (Å²) >= 11 is 0. The summed E-state index contributed by atoms with van der Waals surface area (Å²) < 4.78 is 0. The predicted octanol–water partition coefficient (Wildman–Crippen LogP) is 1.27. The second-order valence-electron chi connectivity index (χ2n) is 3.07. The van der Waals surface area contributed by atoms with Gasteiger partial charge in [0.1, 0.15) is 5.69 Å². The molecule has 0 atom stereocenters. The first kappa shape index (κ1) is 12.1. The van der Waals surface area contributed by atoms with Gasteiger partial charge in [0, 0.05) is 18.4 Å². The number of rotatable bonds is 4. The molecule has 2 N–H and O–H groups in total. The Morgan fingerprint density at radius 3 is 3.06 bits per heavy atom. The van der Waals surface area contributed by atoms with Crippen LogP contribution >= 0.6 is 0 Å². The molecule has 1 rings (SSSR count). The zero-order valence-corrected chi connectivity index (χ0v) is 9.50. The summed E-state index contributed by atoms with van der Waals surface area (Å²) in [5.74, 6) is 5.52. The summed E-state index contributed by atoms with van der Waals surface area (Å²) in [4.78, 5) is 15.5. The third-order valence-corrected chi connectivity index (χ3v) is 1.89.